The van der Waals surface area contributed by atoms with Crippen LogP contribution in [0.15, 0.2) is 78.2 Å². The molecule has 0 atom stereocenters. The highest BCUT2D eigenvalue weighted by molar-refractivity contribution is 7.16. The molecule has 1 fully saturated rings. The maximum absolute atomic E-state index is 13.6. The molecule has 0 spiro atoms. The minimum atomic E-state index is 0.109. The number of ether oxygens (including phenoxy) is 1. The first kappa shape index (κ1) is 22.4. The van der Waals surface area contributed by atoms with Gasteiger partial charge in [-0.15, -0.1) is 11.3 Å². The van der Waals surface area contributed by atoms with E-state index in [2.05, 4.69) is 63.4 Å². The summed E-state index contributed by atoms with van der Waals surface area (Å²) in [6.45, 7) is 4.76. The third-order valence-corrected chi connectivity index (χ3v) is 7.33. The van der Waals surface area contributed by atoms with E-state index < -0.39 is 0 Å². The second-order valence-electron chi connectivity index (χ2n) is 8.51. The van der Waals surface area contributed by atoms with Gasteiger partial charge in [-0.05, 0) is 29.1 Å². The number of methoxy groups -OCH3 is 1. The van der Waals surface area contributed by atoms with E-state index in [-0.39, 0.29) is 5.91 Å². The summed E-state index contributed by atoms with van der Waals surface area (Å²) in [5, 5.41) is 3.20. The van der Waals surface area contributed by atoms with Crippen molar-refractivity contribution < 1.29 is 9.53 Å². The third kappa shape index (κ3) is 4.79. The largest absolute Gasteiger partial charge is 0.496 e. The molecule has 0 saturated carbocycles. The minimum Gasteiger partial charge on any atom is -0.496 e. The summed E-state index contributed by atoms with van der Waals surface area (Å²) >= 11 is 1.67. The summed E-state index contributed by atoms with van der Waals surface area (Å²) < 4.78 is 7.71. The Kier molecular flexibility index (Phi) is 6.79. The molecule has 4 aromatic rings. The van der Waals surface area contributed by atoms with Gasteiger partial charge in [0.2, 0.25) is 0 Å². The van der Waals surface area contributed by atoms with Crippen LogP contribution < -0.4 is 4.74 Å². The Morgan fingerprint density at radius 2 is 1.76 bits per heavy atom. The van der Waals surface area contributed by atoms with Gasteiger partial charge in [-0.2, -0.15) is 0 Å². The van der Waals surface area contributed by atoms with Crippen LogP contribution in [0.1, 0.15) is 21.6 Å². The fraction of sp³-hybridized carbons (Fsp3) is 0.250. The second-order valence-corrected chi connectivity index (χ2v) is 9.41. The Balaban J connectivity index is 1.27. The number of aromatic nitrogens is 1. The number of hydrogen-bond acceptors (Lipinski definition) is 4. The molecule has 0 radical (unpaired) electrons. The van der Waals surface area contributed by atoms with Crippen molar-refractivity contribution in [2.75, 3.05) is 39.8 Å². The molecule has 1 aliphatic rings. The highest BCUT2D eigenvalue weighted by atomic mass is 32.1. The number of thiophene rings is 1. The van der Waals surface area contributed by atoms with Crippen LogP contribution >= 0.6 is 11.3 Å². The van der Waals surface area contributed by atoms with Crippen LogP contribution in [0.4, 0.5) is 0 Å². The van der Waals surface area contributed by atoms with Crippen molar-refractivity contribution in [3.63, 3.8) is 0 Å². The van der Waals surface area contributed by atoms with Crippen molar-refractivity contribution in [3.05, 3.63) is 95.0 Å². The van der Waals surface area contributed by atoms with Crippen LogP contribution in [-0.2, 0) is 6.54 Å². The van der Waals surface area contributed by atoms with Gasteiger partial charge in [-0.3, -0.25) is 9.69 Å². The van der Waals surface area contributed by atoms with E-state index in [1.54, 1.807) is 18.4 Å². The fourth-order valence-electron chi connectivity index (χ4n) is 4.51. The van der Waals surface area contributed by atoms with Crippen LogP contribution in [0.25, 0.3) is 16.3 Å². The maximum atomic E-state index is 13.6. The molecule has 1 aliphatic heterocycles. The zero-order valence-corrected chi connectivity index (χ0v) is 20.2. The molecule has 0 unspecified atom stereocenters. The van der Waals surface area contributed by atoms with Crippen LogP contribution in [0.5, 0.6) is 5.75 Å². The molecule has 5 nitrogen and oxygen atoms in total. The molecule has 0 N–H and O–H groups in total. The Labute approximate surface area is 204 Å². The standard InChI is InChI=1S/C28H29N3O2S/c1-33-26-12-6-5-11-24(26)21-31-25(20-23-13-19-34-28(23)31)27(32)30-17-15-29(16-18-30)14-7-10-22-8-3-2-4-9-22/h2-13,19-20H,14-18,21H2,1H3. The summed E-state index contributed by atoms with van der Waals surface area (Å²) in [7, 11) is 1.69. The van der Waals surface area contributed by atoms with Gasteiger partial charge in [0.1, 0.15) is 16.3 Å². The number of para-hydroxylation sites is 1. The number of piperazine rings is 1. The van der Waals surface area contributed by atoms with Crippen molar-refractivity contribution in [2.24, 2.45) is 0 Å². The van der Waals surface area contributed by atoms with E-state index in [1.807, 2.05) is 35.2 Å². The smallest absolute Gasteiger partial charge is 0.270 e. The van der Waals surface area contributed by atoms with Crippen molar-refractivity contribution >= 4 is 33.5 Å². The zero-order chi connectivity index (χ0) is 23.3. The Hall–Kier alpha value is -3.35. The van der Waals surface area contributed by atoms with Gasteiger partial charge in [-0.25, -0.2) is 0 Å². The van der Waals surface area contributed by atoms with E-state index in [9.17, 15) is 4.79 Å². The molecule has 1 amide bonds. The van der Waals surface area contributed by atoms with E-state index in [0.29, 0.717) is 6.54 Å². The summed E-state index contributed by atoms with van der Waals surface area (Å²) in [4.78, 5) is 19.1. The number of amides is 1. The van der Waals surface area contributed by atoms with E-state index in [0.717, 1.165) is 59.9 Å². The van der Waals surface area contributed by atoms with Gasteiger partial charge in [0, 0.05) is 43.7 Å². The predicted molar refractivity (Wildman–Crippen MR) is 140 cm³/mol. The van der Waals surface area contributed by atoms with Gasteiger partial charge in [-0.1, -0.05) is 60.7 Å². The normalized spacial score (nSPS) is 14.8. The fourth-order valence-corrected chi connectivity index (χ4v) is 5.41. The monoisotopic (exact) mass is 471 g/mol. The second kappa shape index (κ2) is 10.3. The highest BCUT2D eigenvalue weighted by Crippen LogP contribution is 2.29. The quantitative estimate of drug-likeness (QED) is 0.370. The van der Waals surface area contributed by atoms with Crippen molar-refractivity contribution in [3.8, 4) is 5.75 Å². The van der Waals surface area contributed by atoms with Crippen LogP contribution in [0.2, 0.25) is 0 Å². The molecule has 3 heterocycles. The SMILES string of the molecule is COc1ccccc1Cn1c(C(=O)N2CCN(CC=Cc3ccccc3)CC2)cc2ccsc21. The minimum absolute atomic E-state index is 0.109. The number of rotatable bonds is 7. The first-order valence-electron chi connectivity index (χ1n) is 11.6. The van der Waals surface area contributed by atoms with Crippen LogP contribution in [0, 0.1) is 0 Å². The number of carbonyl (C=O) groups is 1. The number of nitrogens with zero attached hydrogens (tertiary/aromatic N) is 3. The van der Waals surface area contributed by atoms with E-state index in [1.165, 1.54) is 5.56 Å². The molecule has 2 aromatic carbocycles. The Morgan fingerprint density at radius 1 is 1.00 bits per heavy atom. The van der Waals surface area contributed by atoms with Gasteiger partial charge < -0.3 is 14.2 Å². The summed E-state index contributed by atoms with van der Waals surface area (Å²) in [6.07, 6.45) is 4.37. The van der Waals surface area contributed by atoms with Crippen LogP contribution in [-0.4, -0.2) is 60.1 Å². The summed E-state index contributed by atoms with van der Waals surface area (Å²) in [5.74, 6) is 0.953. The van der Waals surface area contributed by atoms with E-state index in [4.69, 9.17) is 4.74 Å². The highest BCUT2D eigenvalue weighted by Gasteiger charge is 2.25. The lowest BCUT2D eigenvalue weighted by atomic mass is 10.2. The van der Waals surface area contributed by atoms with Crippen molar-refractivity contribution in [1.82, 2.24) is 14.4 Å². The summed E-state index contributed by atoms with van der Waals surface area (Å²) in [6, 6.07) is 22.5. The maximum Gasteiger partial charge on any atom is 0.270 e. The predicted octanol–water partition coefficient (Wildman–Crippen LogP) is 5.23. The molecular weight excluding hydrogens is 442 g/mol. The van der Waals surface area contributed by atoms with E-state index >= 15 is 0 Å². The average Bonchev–Trinajstić information content (AvgIpc) is 3.48. The van der Waals surface area contributed by atoms with Gasteiger partial charge in [0.05, 0.1) is 13.7 Å². The van der Waals surface area contributed by atoms with Crippen molar-refractivity contribution in [2.45, 2.75) is 6.54 Å². The Bertz CT molecular complexity index is 1280. The molecule has 34 heavy (non-hydrogen) atoms. The molecule has 0 aliphatic carbocycles. The van der Waals surface area contributed by atoms with Gasteiger partial charge in [0.15, 0.2) is 0 Å². The first-order valence-corrected chi connectivity index (χ1v) is 12.5. The average molecular weight is 472 g/mol. The topological polar surface area (TPSA) is 37.7 Å². The lowest BCUT2D eigenvalue weighted by molar-refractivity contribution is 0.0640. The molecule has 5 rings (SSSR count). The number of fused-ring (bicyclic) bond motifs is 1. The zero-order valence-electron chi connectivity index (χ0n) is 19.4. The lowest BCUT2D eigenvalue weighted by Gasteiger charge is -2.34. The lowest BCUT2D eigenvalue weighted by Crippen LogP contribution is -2.49. The molecule has 6 heteroatoms. The molecule has 1 saturated heterocycles. The molecule has 2 aromatic heterocycles. The number of hydrogen-bond donors (Lipinski definition) is 0. The van der Waals surface area contributed by atoms with Crippen molar-refractivity contribution in [1.29, 1.82) is 0 Å². The Morgan fingerprint density at radius 3 is 2.56 bits per heavy atom. The first-order chi connectivity index (χ1) is 16.7. The van der Waals surface area contributed by atoms with Gasteiger partial charge >= 0.3 is 0 Å². The number of benzene rings is 2. The molecule has 174 valence electrons. The van der Waals surface area contributed by atoms with Gasteiger partial charge in [0.25, 0.3) is 5.91 Å². The molecule has 0 bridgehead atoms. The molecular formula is C28H29N3O2S. The van der Waals surface area contributed by atoms with Crippen LogP contribution in [0.3, 0.4) is 0 Å². The number of carbonyl (C=O) groups excluding carboxylic acids is 1. The third-order valence-electron chi connectivity index (χ3n) is 6.38. The summed E-state index contributed by atoms with van der Waals surface area (Å²) in [5.41, 5.74) is 3.04.